The number of aromatic nitrogens is 3. The van der Waals surface area contributed by atoms with E-state index in [-0.39, 0.29) is 11.8 Å². The monoisotopic (exact) mass is 473 g/mol. The van der Waals surface area contributed by atoms with Crippen molar-refractivity contribution in [1.29, 1.82) is 0 Å². The van der Waals surface area contributed by atoms with Gasteiger partial charge in [-0.15, -0.1) is 0 Å². The van der Waals surface area contributed by atoms with Crippen molar-refractivity contribution in [1.82, 2.24) is 20.4 Å². The second-order valence-electron chi connectivity index (χ2n) is 8.43. The van der Waals surface area contributed by atoms with Gasteiger partial charge in [0.1, 0.15) is 34.7 Å². The van der Waals surface area contributed by atoms with Crippen LogP contribution in [0.3, 0.4) is 0 Å². The third-order valence-corrected chi connectivity index (χ3v) is 6.43. The SMILES string of the molecule is COc1ccc(-c2noc3ncnc(N4CCC(C(=O)NCc5ccccc5OC)CC4)c23)cc1. The van der Waals surface area contributed by atoms with Gasteiger partial charge < -0.3 is 24.2 Å². The van der Waals surface area contributed by atoms with E-state index in [4.69, 9.17) is 14.0 Å². The first-order valence-electron chi connectivity index (χ1n) is 11.6. The molecule has 2 aromatic heterocycles. The molecule has 9 heteroatoms. The van der Waals surface area contributed by atoms with Crippen LogP contribution in [0.4, 0.5) is 5.82 Å². The molecule has 0 spiro atoms. The van der Waals surface area contributed by atoms with Crippen molar-refractivity contribution in [2.75, 3.05) is 32.2 Å². The number of rotatable bonds is 7. The zero-order valence-electron chi connectivity index (χ0n) is 19.7. The number of nitrogens with one attached hydrogen (secondary N) is 1. The highest BCUT2D eigenvalue weighted by Gasteiger charge is 2.28. The van der Waals surface area contributed by atoms with Crippen molar-refractivity contribution < 1.29 is 18.8 Å². The highest BCUT2D eigenvalue weighted by atomic mass is 16.5. The summed E-state index contributed by atoms with van der Waals surface area (Å²) in [5, 5.41) is 8.11. The number of carbonyl (C=O) groups excluding carboxylic acids is 1. The highest BCUT2D eigenvalue weighted by Crippen LogP contribution is 2.35. The number of benzene rings is 2. The minimum absolute atomic E-state index is 0.0539. The number of anilines is 1. The number of piperidine rings is 1. The van der Waals surface area contributed by atoms with Crippen LogP contribution in [0.2, 0.25) is 0 Å². The molecule has 0 unspecified atom stereocenters. The first-order chi connectivity index (χ1) is 17.2. The fourth-order valence-corrected chi connectivity index (χ4v) is 4.49. The fraction of sp³-hybridized carbons (Fsp3) is 0.308. The summed E-state index contributed by atoms with van der Waals surface area (Å²) < 4.78 is 16.1. The Labute approximate surface area is 203 Å². The Morgan fingerprint density at radius 2 is 1.83 bits per heavy atom. The average molecular weight is 474 g/mol. The van der Waals surface area contributed by atoms with Crippen LogP contribution in [0.25, 0.3) is 22.4 Å². The zero-order valence-corrected chi connectivity index (χ0v) is 19.7. The van der Waals surface area contributed by atoms with Crippen LogP contribution in [-0.2, 0) is 11.3 Å². The first kappa shape index (κ1) is 22.6. The summed E-state index contributed by atoms with van der Waals surface area (Å²) in [6.45, 7) is 1.85. The Morgan fingerprint density at radius 3 is 2.57 bits per heavy atom. The number of methoxy groups -OCH3 is 2. The van der Waals surface area contributed by atoms with Crippen LogP contribution in [0.1, 0.15) is 18.4 Å². The zero-order chi connectivity index (χ0) is 24.2. The van der Waals surface area contributed by atoms with Gasteiger partial charge >= 0.3 is 0 Å². The number of nitrogens with zero attached hydrogens (tertiary/aromatic N) is 4. The Morgan fingerprint density at radius 1 is 1.06 bits per heavy atom. The molecular formula is C26H27N5O4. The lowest BCUT2D eigenvalue weighted by Crippen LogP contribution is -2.40. The lowest BCUT2D eigenvalue weighted by molar-refractivity contribution is -0.125. The molecule has 0 aliphatic carbocycles. The van der Waals surface area contributed by atoms with Crippen molar-refractivity contribution in [2.24, 2.45) is 5.92 Å². The second-order valence-corrected chi connectivity index (χ2v) is 8.43. The van der Waals surface area contributed by atoms with Crippen LogP contribution < -0.4 is 19.7 Å². The predicted molar refractivity (Wildman–Crippen MR) is 131 cm³/mol. The fourth-order valence-electron chi connectivity index (χ4n) is 4.49. The van der Waals surface area contributed by atoms with E-state index >= 15 is 0 Å². The number of carbonyl (C=O) groups is 1. The summed E-state index contributed by atoms with van der Waals surface area (Å²) >= 11 is 0. The van der Waals surface area contributed by atoms with Gasteiger partial charge in [0.05, 0.1) is 14.2 Å². The Kier molecular flexibility index (Phi) is 6.47. The van der Waals surface area contributed by atoms with Crippen LogP contribution in [-0.4, -0.2) is 48.3 Å². The van der Waals surface area contributed by atoms with Crippen LogP contribution in [0, 0.1) is 5.92 Å². The maximum absolute atomic E-state index is 12.8. The Bertz CT molecular complexity index is 1310. The molecule has 0 saturated carbocycles. The van der Waals surface area contributed by atoms with E-state index in [0.717, 1.165) is 46.7 Å². The molecule has 4 aromatic rings. The van der Waals surface area contributed by atoms with Crippen LogP contribution >= 0.6 is 0 Å². The summed E-state index contributed by atoms with van der Waals surface area (Å²) in [6.07, 6.45) is 2.95. The van der Waals surface area contributed by atoms with Crippen molar-refractivity contribution in [3.63, 3.8) is 0 Å². The van der Waals surface area contributed by atoms with E-state index < -0.39 is 0 Å². The largest absolute Gasteiger partial charge is 0.497 e. The molecule has 0 atom stereocenters. The maximum atomic E-state index is 12.8. The molecule has 1 aliphatic heterocycles. The predicted octanol–water partition coefficient (Wildman–Crippen LogP) is 3.83. The third-order valence-electron chi connectivity index (χ3n) is 6.43. The van der Waals surface area contributed by atoms with Crippen molar-refractivity contribution in [3.8, 4) is 22.8 Å². The maximum Gasteiger partial charge on any atom is 0.263 e. The van der Waals surface area contributed by atoms with E-state index in [9.17, 15) is 4.79 Å². The summed E-state index contributed by atoms with van der Waals surface area (Å²) in [6, 6.07) is 15.4. The third kappa shape index (κ3) is 4.62. The highest BCUT2D eigenvalue weighted by molar-refractivity contribution is 5.98. The van der Waals surface area contributed by atoms with E-state index in [1.165, 1.54) is 6.33 Å². The molecule has 180 valence electrons. The number of hydrogen-bond donors (Lipinski definition) is 1. The van der Waals surface area contributed by atoms with Crippen molar-refractivity contribution in [2.45, 2.75) is 19.4 Å². The standard InChI is InChI=1S/C26H27N5O4/c1-33-20-9-7-17(8-10-20)23-22-24(28-16-29-26(22)35-30-23)31-13-11-18(12-14-31)25(32)27-15-19-5-3-4-6-21(19)34-2/h3-10,16,18H,11-15H2,1-2H3,(H,27,32). The van der Waals surface area contributed by atoms with Gasteiger partial charge in [-0.1, -0.05) is 23.4 Å². The number of para-hydroxylation sites is 1. The minimum atomic E-state index is -0.0539. The summed E-state index contributed by atoms with van der Waals surface area (Å²) in [7, 11) is 3.27. The smallest absolute Gasteiger partial charge is 0.263 e. The molecule has 1 fully saturated rings. The summed E-state index contributed by atoms with van der Waals surface area (Å²) in [5.74, 6) is 2.32. The molecule has 0 bridgehead atoms. The molecule has 0 radical (unpaired) electrons. The molecule has 1 N–H and O–H groups in total. The number of ether oxygens (including phenoxy) is 2. The summed E-state index contributed by atoms with van der Waals surface area (Å²) in [5.41, 5.74) is 2.99. The van der Waals surface area contributed by atoms with E-state index in [0.29, 0.717) is 31.0 Å². The number of amides is 1. The van der Waals surface area contributed by atoms with E-state index in [1.807, 2.05) is 48.5 Å². The molecule has 2 aromatic carbocycles. The quantitative estimate of drug-likeness (QED) is 0.432. The lowest BCUT2D eigenvalue weighted by atomic mass is 9.95. The summed E-state index contributed by atoms with van der Waals surface area (Å²) in [4.78, 5) is 23.8. The molecule has 5 rings (SSSR count). The normalized spacial score (nSPS) is 14.2. The van der Waals surface area contributed by atoms with Crippen molar-refractivity contribution in [3.05, 3.63) is 60.4 Å². The van der Waals surface area contributed by atoms with Gasteiger partial charge in [-0.25, -0.2) is 4.98 Å². The molecule has 1 amide bonds. The van der Waals surface area contributed by atoms with Gasteiger partial charge in [0, 0.05) is 36.7 Å². The van der Waals surface area contributed by atoms with Gasteiger partial charge in [0.25, 0.3) is 5.71 Å². The molecule has 35 heavy (non-hydrogen) atoms. The molecular weight excluding hydrogens is 446 g/mol. The minimum Gasteiger partial charge on any atom is -0.497 e. The molecule has 1 saturated heterocycles. The van der Waals surface area contributed by atoms with Gasteiger partial charge in [0.15, 0.2) is 0 Å². The van der Waals surface area contributed by atoms with Gasteiger partial charge in [-0.3, -0.25) is 4.79 Å². The Balaban J connectivity index is 1.28. The van der Waals surface area contributed by atoms with E-state index in [2.05, 4.69) is 25.3 Å². The van der Waals surface area contributed by atoms with Gasteiger partial charge in [0.2, 0.25) is 5.91 Å². The molecule has 1 aliphatic rings. The van der Waals surface area contributed by atoms with Crippen LogP contribution in [0.15, 0.2) is 59.4 Å². The first-order valence-corrected chi connectivity index (χ1v) is 11.6. The molecule has 3 heterocycles. The number of hydrogen-bond acceptors (Lipinski definition) is 8. The van der Waals surface area contributed by atoms with Gasteiger partial charge in [-0.2, -0.15) is 4.98 Å². The van der Waals surface area contributed by atoms with Crippen molar-refractivity contribution >= 4 is 22.8 Å². The van der Waals surface area contributed by atoms with Gasteiger partial charge in [-0.05, 0) is 43.2 Å². The van der Waals surface area contributed by atoms with Crippen LogP contribution in [0.5, 0.6) is 11.5 Å². The topological polar surface area (TPSA) is 103 Å². The second kappa shape index (κ2) is 10.0. The lowest BCUT2D eigenvalue weighted by Gasteiger charge is -2.32. The van der Waals surface area contributed by atoms with E-state index in [1.54, 1.807) is 14.2 Å². The Hall–Kier alpha value is -4.14. The molecule has 9 nitrogen and oxygen atoms in total. The average Bonchev–Trinajstić information content (AvgIpc) is 3.36. The number of fused-ring (bicyclic) bond motifs is 1.